The third-order valence-corrected chi connectivity index (χ3v) is 5.78. The van der Waals surface area contributed by atoms with Crippen molar-refractivity contribution in [2.75, 3.05) is 25.1 Å². The lowest BCUT2D eigenvalue weighted by Crippen LogP contribution is -2.14. The van der Waals surface area contributed by atoms with Crippen molar-refractivity contribution in [2.24, 2.45) is 15.0 Å². The van der Waals surface area contributed by atoms with Gasteiger partial charge in [-0.2, -0.15) is 0 Å². The molecule has 0 aliphatic rings. The molecule has 0 spiro atoms. The third kappa shape index (κ3) is 10.9. The molecule has 0 heterocycles. The fourth-order valence-electron chi connectivity index (χ4n) is 3.56. The number of rotatable bonds is 14. The molecule has 0 atom stereocenters. The molecule has 0 unspecified atom stereocenters. The van der Waals surface area contributed by atoms with E-state index < -0.39 is 17.9 Å². The summed E-state index contributed by atoms with van der Waals surface area (Å²) in [5.41, 5.74) is 1.89. The van der Waals surface area contributed by atoms with Crippen molar-refractivity contribution >= 4 is 59.3 Å². The van der Waals surface area contributed by atoms with Crippen molar-refractivity contribution in [1.29, 1.82) is 0 Å². The first-order valence-electron chi connectivity index (χ1n) is 14.1. The Morgan fingerprint density at radius 2 is 0.978 bits per heavy atom. The summed E-state index contributed by atoms with van der Waals surface area (Å²) in [5, 5.41) is 23.0. The Balaban J connectivity index is 2.50. The van der Waals surface area contributed by atoms with E-state index in [2.05, 4.69) is 20.3 Å². The van der Waals surface area contributed by atoms with E-state index in [1.807, 2.05) is 0 Å². The van der Waals surface area contributed by atoms with Gasteiger partial charge >= 0.3 is 17.9 Å². The van der Waals surface area contributed by atoms with Gasteiger partial charge in [0.05, 0.1) is 48.1 Å². The Kier molecular flexibility index (Phi) is 14.4. The summed E-state index contributed by atoms with van der Waals surface area (Å²) in [6, 6.07) is 13.7. The maximum atomic E-state index is 13.0. The minimum absolute atomic E-state index is 0.0985. The Hall–Kier alpha value is -5.52. The number of hydrogen-bond donors (Lipinski definition) is 3. The summed E-state index contributed by atoms with van der Waals surface area (Å²) in [6.45, 7) is 9.73. The summed E-state index contributed by atoms with van der Waals surface area (Å²) >= 11 is 0. The lowest BCUT2D eigenvalue weighted by atomic mass is 10.2. The molecule has 2 rings (SSSR count). The number of aliphatic imine (C=N–C) groups is 3. The van der Waals surface area contributed by atoms with E-state index in [0.717, 1.165) is 0 Å². The van der Waals surface area contributed by atoms with E-state index in [1.165, 1.54) is 32.5 Å². The van der Waals surface area contributed by atoms with Crippen molar-refractivity contribution in [1.82, 2.24) is 0 Å². The average molecular weight is 619 g/mol. The van der Waals surface area contributed by atoms with Crippen molar-refractivity contribution in [2.45, 2.75) is 41.5 Å². The maximum absolute atomic E-state index is 13.0. The van der Waals surface area contributed by atoms with Gasteiger partial charge in [0.2, 0.25) is 0 Å². The second-order valence-corrected chi connectivity index (χ2v) is 9.10. The van der Waals surface area contributed by atoms with Crippen molar-refractivity contribution < 1.29 is 38.8 Å². The van der Waals surface area contributed by atoms with Gasteiger partial charge in [-0.25, -0.2) is 14.4 Å². The second-order valence-electron chi connectivity index (χ2n) is 9.10. The molecule has 12 heteroatoms. The van der Waals surface area contributed by atoms with Crippen LogP contribution in [0, 0.1) is 0 Å². The molecule has 0 fully saturated rings. The predicted octanol–water partition coefficient (Wildman–Crippen LogP) is 6.53. The molecule has 0 saturated carbocycles. The van der Waals surface area contributed by atoms with Gasteiger partial charge < -0.3 is 29.7 Å². The highest BCUT2D eigenvalue weighted by molar-refractivity contribution is 6.12. The number of ether oxygens (including phenoxy) is 3. The van der Waals surface area contributed by atoms with Gasteiger partial charge in [-0.1, -0.05) is 24.3 Å². The Morgan fingerprint density at radius 3 is 1.40 bits per heavy atom. The standard InChI is InChI=1S/C33H38N4O8/c1-7-43-31(40)24(18-34-27-14-10-11-15-28(27)35-19-25(22(5)38)32(41)44-8-2)21(4)37-30-17-13-12-16-29(30)36-20-26(23(6)39)33(42)45-9-3/h10-20,37-39H,7-9H2,1-6H3/b24-21-,25-22+,26-23+,34-18?,35-19?,36-20?. The van der Waals surface area contributed by atoms with E-state index in [9.17, 15) is 24.6 Å². The van der Waals surface area contributed by atoms with Gasteiger partial charge in [0.1, 0.15) is 22.7 Å². The lowest BCUT2D eigenvalue weighted by Gasteiger charge is -2.13. The van der Waals surface area contributed by atoms with Crippen LogP contribution in [0.2, 0.25) is 0 Å². The Labute approximate surface area is 262 Å². The Morgan fingerprint density at radius 1 is 0.622 bits per heavy atom. The molecule has 0 aromatic heterocycles. The monoisotopic (exact) mass is 618 g/mol. The molecule has 3 N–H and O–H groups in total. The van der Waals surface area contributed by atoms with Crippen LogP contribution in [0.25, 0.3) is 0 Å². The number of carbonyl (C=O) groups excluding carboxylic acids is 3. The predicted molar refractivity (Wildman–Crippen MR) is 174 cm³/mol. The van der Waals surface area contributed by atoms with Gasteiger partial charge in [0, 0.05) is 24.3 Å². The molecule has 0 amide bonds. The lowest BCUT2D eigenvalue weighted by molar-refractivity contribution is -0.139. The summed E-state index contributed by atoms with van der Waals surface area (Å²) in [6.07, 6.45) is 3.73. The number of esters is 3. The number of hydrogen-bond acceptors (Lipinski definition) is 12. The molecule has 45 heavy (non-hydrogen) atoms. The second kappa shape index (κ2) is 18.2. The quantitative estimate of drug-likeness (QED) is 0.0700. The number of nitrogens with one attached hydrogen (secondary N) is 1. The number of benzene rings is 2. The molecule has 0 saturated heterocycles. The molecule has 2 aromatic carbocycles. The number of para-hydroxylation sites is 4. The fourth-order valence-corrected chi connectivity index (χ4v) is 3.56. The van der Waals surface area contributed by atoms with E-state index in [1.54, 1.807) is 76.2 Å². The van der Waals surface area contributed by atoms with Crippen molar-refractivity contribution in [3.05, 3.63) is 82.5 Å². The average Bonchev–Trinajstić information content (AvgIpc) is 2.99. The topological polar surface area (TPSA) is 168 Å². The highest BCUT2D eigenvalue weighted by atomic mass is 16.5. The van der Waals surface area contributed by atoms with Crippen LogP contribution in [0.5, 0.6) is 0 Å². The smallest absolute Gasteiger partial charge is 0.343 e. The molecule has 2 aromatic rings. The number of allylic oxidation sites excluding steroid dienone is 3. The number of carbonyl (C=O) groups is 3. The first-order chi connectivity index (χ1) is 21.5. The minimum Gasteiger partial charge on any atom is -0.512 e. The summed E-state index contributed by atoms with van der Waals surface area (Å²) < 4.78 is 15.2. The zero-order chi connectivity index (χ0) is 33.4. The number of anilines is 1. The molecular formula is C33H38N4O8. The number of aliphatic hydroxyl groups excluding tert-OH is 2. The van der Waals surface area contributed by atoms with Crippen LogP contribution in [0.3, 0.4) is 0 Å². The van der Waals surface area contributed by atoms with Crippen LogP contribution in [-0.2, 0) is 28.6 Å². The molecular weight excluding hydrogens is 580 g/mol. The van der Waals surface area contributed by atoms with Gasteiger partial charge in [-0.3, -0.25) is 15.0 Å². The van der Waals surface area contributed by atoms with E-state index >= 15 is 0 Å². The highest BCUT2D eigenvalue weighted by Gasteiger charge is 2.16. The molecule has 0 aliphatic carbocycles. The maximum Gasteiger partial charge on any atom is 0.343 e. The highest BCUT2D eigenvalue weighted by Crippen LogP contribution is 2.29. The SMILES string of the molecule is CCOC(=O)/C(C=Nc1ccccc1N=C/C(C(=O)OCC)=C(/C)O)=C(/C)Nc1ccccc1N=C/C(C(=O)OCC)=C(/C)O. The largest absolute Gasteiger partial charge is 0.512 e. The first-order valence-corrected chi connectivity index (χ1v) is 14.1. The van der Waals surface area contributed by atoms with Crippen LogP contribution in [-0.4, -0.2) is 66.6 Å². The number of aliphatic hydroxyl groups is 2. The first kappa shape index (κ1) is 35.7. The third-order valence-electron chi connectivity index (χ3n) is 5.78. The summed E-state index contributed by atoms with van der Waals surface area (Å²) in [5.74, 6) is -2.57. The van der Waals surface area contributed by atoms with Crippen molar-refractivity contribution in [3.63, 3.8) is 0 Å². The van der Waals surface area contributed by atoms with E-state index in [-0.39, 0.29) is 48.1 Å². The van der Waals surface area contributed by atoms with Crippen LogP contribution < -0.4 is 5.32 Å². The van der Waals surface area contributed by atoms with Gasteiger partial charge in [0.15, 0.2) is 0 Å². The molecule has 0 radical (unpaired) electrons. The van der Waals surface area contributed by atoms with Gasteiger partial charge in [0.25, 0.3) is 0 Å². The fraction of sp³-hybridized carbons (Fsp3) is 0.273. The number of nitrogens with zero attached hydrogens (tertiary/aromatic N) is 3. The molecule has 0 bridgehead atoms. The van der Waals surface area contributed by atoms with Crippen LogP contribution >= 0.6 is 0 Å². The molecule has 238 valence electrons. The zero-order valence-corrected chi connectivity index (χ0v) is 26.2. The van der Waals surface area contributed by atoms with Gasteiger partial charge in [-0.15, -0.1) is 0 Å². The van der Waals surface area contributed by atoms with E-state index in [0.29, 0.717) is 28.4 Å². The summed E-state index contributed by atoms with van der Waals surface area (Å²) in [4.78, 5) is 50.5. The Bertz CT molecular complexity index is 1560. The van der Waals surface area contributed by atoms with Crippen molar-refractivity contribution in [3.8, 4) is 0 Å². The van der Waals surface area contributed by atoms with Crippen LogP contribution in [0.1, 0.15) is 41.5 Å². The zero-order valence-electron chi connectivity index (χ0n) is 26.2. The van der Waals surface area contributed by atoms with Crippen LogP contribution in [0.4, 0.5) is 22.7 Å². The minimum atomic E-state index is -0.722. The summed E-state index contributed by atoms with van der Waals surface area (Å²) in [7, 11) is 0. The molecule has 0 aliphatic heterocycles. The normalized spacial score (nSPS) is 13.3. The molecule has 12 nitrogen and oxygen atoms in total. The van der Waals surface area contributed by atoms with Gasteiger partial charge in [-0.05, 0) is 65.8 Å². The van der Waals surface area contributed by atoms with E-state index in [4.69, 9.17) is 14.2 Å². The van der Waals surface area contributed by atoms with Crippen LogP contribution in [0.15, 0.2) is 97.4 Å².